The number of nitrogens with one attached hydrogen (secondary N) is 2. The van der Waals surface area contributed by atoms with E-state index in [0.717, 1.165) is 0 Å². The predicted molar refractivity (Wildman–Crippen MR) is 85.9 cm³/mol. The molecule has 128 valence electrons. The third kappa shape index (κ3) is 4.22. The Morgan fingerprint density at radius 2 is 2.04 bits per heavy atom. The van der Waals surface area contributed by atoms with Crippen LogP contribution in [0.5, 0.6) is 5.75 Å². The quantitative estimate of drug-likeness (QED) is 0.856. The molecule has 0 radical (unpaired) electrons. The zero-order valence-corrected chi connectivity index (χ0v) is 13.9. The first-order valence-electron chi connectivity index (χ1n) is 7.14. The standard InChI is InChI=1S/C15H19N5O4/c1-9-18-19-13(24-9)8-16-15(22)17-10-5-6-12(23-4)11(7-10)14(21)20(2)3/h5-7H,8H2,1-4H3,(H2,16,17,22). The SMILES string of the molecule is COc1ccc(NC(=O)NCc2nnc(C)o2)cc1C(=O)N(C)C. The smallest absolute Gasteiger partial charge is 0.319 e. The average molecular weight is 333 g/mol. The summed E-state index contributed by atoms with van der Waals surface area (Å²) < 4.78 is 10.3. The largest absolute Gasteiger partial charge is 0.496 e. The fourth-order valence-corrected chi connectivity index (χ4v) is 1.93. The molecule has 1 aromatic carbocycles. The Morgan fingerprint density at radius 3 is 2.62 bits per heavy atom. The summed E-state index contributed by atoms with van der Waals surface area (Å²) in [5, 5.41) is 12.7. The second-order valence-electron chi connectivity index (χ2n) is 5.14. The summed E-state index contributed by atoms with van der Waals surface area (Å²) in [6.45, 7) is 1.77. The van der Waals surface area contributed by atoms with E-state index in [1.807, 2.05) is 0 Å². The van der Waals surface area contributed by atoms with Gasteiger partial charge in [0, 0.05) is 26.7 Å². The van der Waals surface area contributed by atoms with E-state index in [4.69, 9.17) is 9.15 Å². The molecule has 0 saturated carbocycles. The first kappa shape index (κ1) is 17.3. The minimum Gasteiger partial charge on any atom is -0.496 e. The van der Waals surface area contributed by atoms with Gasteiger partial charge in [0.25, 0.3) is 5.91 Å². The van der Waals surface area contributed by atoms with Crippen molar-refractivity contribution < 1.29 is 18.7 Å². The maximum Gasteiger partial charge on any atom is 0.319 e. The number of carbonyl (C=O) groups excluding carboxylic acids is 2. The maximum absolute atomic E-state index is 12.2. The van der Waals surface area contributed by atoms with E-state index in [0.29, 0.717) is 28.8 Å². The summed E-state index contributed by atoms with van der Waals surface area (Å²) in [5.74, 6) is 0.938. The van der Waals surface area contributed by atoms with E-state index in [9.17, 15) is 9.59 Å². The Kier molecular flexibility index (Phi) is 5.35. The van der Waals surface area contributed by atoms with Gasteiger partial charge in [0.15, 0.2) is 0 Å². The van der Waals surface area contributed by atoms with Crippen molar-refractivity contribution in [1.29, 1.82) is 0 Å². The maximum atomic E-state index is 12.2. The summed E-state index contributed by atoms with van der Waals surface area (Å²) in [5.41, 5.74) is 0.813. The summed E-state index contributed by atoms with van der Waals surface area (Å²) in [7, 11) is 4.76. The molecule has 0 bridgehead atoms. The van der Waals surface area contributed by atoms with Crippen molar-refractivity contribution in [2.24, 2.45) is 0 Å². The molecular formula is C15H19N5O4. The van der Waals surface area contributed by atoms with Crippen LogP contribution in [0.15, 0.2) is 22.6 Å². The molecule has 3 amide bonds. The average Bonchev–Trinajstić information content (AvgIpc) is 2.97. The molecule has 2 aromatic rings. The van der Waals surface area contributed by atoms with Crippen LogP contribution in [0.1, 0.15) is 22.1 Å². The number of aryl methyl sites for hydroxylation is 1. The van der Waals surface area contributed by atoms with E-state index < -0.39 is 6.03 Å². The van der Waals surface area contributed by atoms with E-state index in [2.05, 4.69) is 20.8 Å². The third-order valence-electron chi connectivity index (χ3n) is 3.06. The first-order valence-corrected chi connectivity index (χ1v) is 7.14. The van der Waals surface area contributed by atoms with Crippen molar-refractivity contribution in [3.63, 3.8) is 0 Å². The van der Waals surface area contributed by atoms with Crippen LogP contribution in [0.4, 0.5) is 10.5 Å². The molecule has 0 aliphatic carbocycles. The van der Waals surface area contributed by atoms with E-state index in [1.54, 1.807) is 39.2 Å². The van der Waals surface area contributed by atoms with Crippen LogP contribution >= 0.6 is 0 Å². The van der Waals surface area contributed by atoms with Crippen LogP contribution < -0.4 is 15.4 Å². The lowest BCUT2D eigenvalue weighted by Gasteiger charge is -2.15. The Balaban J connectivity index is 2.04. The number of methoxy groups -OCH3 is 1. The molecule has 9 nitrogen and oxygen atoms in total. The Labute approximate surface area is 139 Å². The van der Waals surface area contributed by atoms with Crippen molar-refractivity contribution in [2.45, 2.75) is 13.5 Å². The van der Waals surface area contributed by atoms with Gasteiger partial charge in [-0.1, -0.05) is 0 Å². The molecule has 0 saturated heterocycles. The number of amides is 3. The minimum absolute atomic E-state index is 0.103. The highest BCUT2D eigenvalue weighted by atomic mass is 16.5. The summed E-state index contributed by atoms with van der Waals surface area (Å²) >= 11 is 0. The molecular weight excluding hydrogens is 314 g/mol. The molecule has 2 rings (SSSR count). The molecule has 0 atom stereocenters. The van der Waals surface area contributed by atoms with Gasteiger partial charge in [0.2, 0.25) is 11.8 Å². The van der Waals surface area contributed by atoms with Crippen LogP contribution in [-0.2, 0) is 6.54 Å². The van der Waals surface area contributed by atoms with Crippen LogP contribution in [-0.4, -0.2) is 48.2 Å². The lowest BCUT2D eigenvalue weighted by molar-refractivity contribution is 0.0824. The molecule has 9 heteroatoms. The highest BCUT2D eigenvalue weighted by Gasteiger charge is 2.15. The molecule has 24 heavy (non-hydrogen) atoms. The lowest BCUT2D eigenvalue weighted by Crippen LogP contribution is -2.28. The number of nitrogens with zero attached hydrogens (tertiary/aromatic N) is 3. The molecule has 1 aromatic heterocycles. The number of carbonyl (C=O) groups is 2. The first-order chi connectivity index (χ1) is 11.4. The number of ether oxygens (including phenoxy) is 1. The highest BCUT2D eigenvalue weighted by Crippen LogP contribution is 2.23. The molecule has 0 fully saturated rings. The second kappa shape index (κ2) is 7.44. The number of hydrogen-bond acceptors (Lipinski definition) is 6. The summed E-state index contributed by atoms with van der Waals surface area (Å²) in [6, 6.07) is 4.35. The number of aromatic nitrogens is 2. The zero-order chi connectivity index (χ0) is 17.7. The van der Waals surface area contributed by atoms with Gasteiger partial charge in [0.05, 0.1) is 19.2 Å². The van der Waals surface area contributed by atoms with Gasteiger partial charge in [0.1, 0.15) is 5.75 Å². The van der Waals surface area contributed by atoms with E-state index in [-0.39, 0.29) is 12.5 Å². The monoisotopic (exact) mass is 333 g/mol. The summed E-state index contributed by atoms with van der Waals surface area (Å²) in [4.78, 5) is 25.5. The molecule has 1 heterocycles. The van der Waals surface area contributed by atoms with Crippen LogP contribution in [0.2, 0.25) is 0 Å². The topological polar surface area (TPSA) is 110 Å². The highest BCUT2D eigenvalue weighted by molar-refractivity contribution is 5.99. The van der Waals surface area contributed by atoms with Crippen LogP contribution in [0.3, 0.4) is 0 Å². The minimum atomic E-state index is -0.459. The van der Waals surface area contributed by atoms with Gasteiger partial charge < -0.3 is 24.7 Å². The van der Waals surface area contributed by atoms with E-state index >= 15 is 0 Å². The molecule has 0 spiro atoms. The van der Waals surface area contributed by atoms with Gasteiger partial charge in [-0.3, -0.25) is 4.79 Å². The molecule has 0 aliphatic heterocycles. The number of anilines is 1. The van der Waals surface area contributed by atoms with Gasteiger partial charge in [-0.2, -0.15) is 0 Å². The van der Waals surface area contributed by atoms with Gasteiger partial charge in [-0.05, 0) is 18.2 Å². The molecule has 2 N–H and O–H groups in total. The Morgan fingerprint density at radius 1 is 1.29 bits per heavy atom. The van der Waals surface area contributed by atoms with E-state index in [1.165, 1.54) is 12.0 Å². The van der Waals surface area contributed by atoms with Crippen LogP contribution in [0.25, 0.3) is 0 Å². The van der Waals surface area contributed by atoms with Crippen molar-refractivity contribution >= 4 is 17.6 Å². The van der Waals surface area contributed by atoms with Crippen molar-refractivity contribution in [3.8, 4) is 5.75 Å². The van der Waals surface area contributed by atoms with Crippen molar-refractivity contribution in [2.75, 3.05) is 26.5 Å². The predicted octanol–water partition coefficient (Wildman–Crippen LogP) is 1.41. The van der Waals surface area contributed by atoms with Gasteiger partial charge >= 0.3 is 6.03 Å². The van der Waals surface area contributed by atoms with Gasteiger partial charge in [-0.15, -0.1) is 10.2 Å². The second-order valence-corrected chi connectivity index (χ2v) is 5.14. The number of hydrogen-bond donors (Lipinski definition) is 2. The lowest BCUT2D eigenvalue weighted by atomic mass is 10.1. The van der Waals surface area contributed by atoms with Crippen molar-refractivity contribution in [3.05, 3.63) is 35.5 Å². The summed E-state index contributed by atoms with van der Waals surface area (Å²) in [6.07, 6.45) is 0. The number of rotatable bonds is 5. The number of benzene rings is 1. The third-order valence-corrected chi connectivity index (χ3v) is 3.06. The zero-order valence-electron chi connectivity index (χ0n) is 13.9. The van der Waals surface area contributed by atoms with Gasteiger partial charge in [-0.25, -0.2) is 4.79 Å². The number of urea groups is 1. The Bertz CT molecular complexity index is 741. The van der Waals surface area contributed by atoms with Crippen molar-refractivity contribution in [1.82, 2.24) is 20.4 Å². The fourth-order valence-electron chi connectivity index (χ4n) is 1.93. The normalized spacial score (nSPS) is 10.2. The Hall–Kier alpha value is -3.10. The fraction of sp³-hybridized carbons (Fsp3) is 0.333. The molecule has 0 unspecified atom stereocenters. The molecule has 0 aliphatic rings. The van der Waals surface area contributed by atoms with Crippen LogP contribution in [0, 0.1) is 6.92 Å².